The van der Waals surface area contributed by atoms with Crippen molar-refractivity contribution < 1.29 is 14.7 Å². The van der Waals surface area contributed by atoms with Crippen LogP contribution in [0.3, 0.4) is 0 Å². The number of urea groups is 1. The predicted molar refractivity (Wildman–Crippen MR) is 82.7 cm³/mol. The van der Waals surface area contributed by atoms with E-state index in [1.807, 2.05) is 12.3 Å². The Hall–Kier alpha value is -1.91. The van der Waals surface area contributed by atoms with Gasteiger partial charge >= 0.3 is 12.0 Å². The maximum atomic E-state index is 11.8. The van der Waals surface area contributed by atoms with E-state index in [1.54, 1.807) is 0 Å². The molecule has 0 radical (unpaired) electrons. The van der Waals surface area contributed by atoms with Gasteiger partial charge in [-0.15, -0.1) is 0 Å². The van der Waals surface area contributed by atoms with Gasteiger partial charge in [-0.2, -0.15) is 17.0 Å². The average Bonchev–Trinajstić information content (AvgIpc) is 2.43. The predicted octanol–water partition coefficient (Wildman–Crippen LogP) is 2.54. The Morgan fingerprint density at radius 1 is 1.52 bits per heavy atom. The SMILES string of the molecule is CSCC[C@H](NC(=O)Nc1cc(Cl)ccc1C#N)C(=O)O. The summed E-state index contributed by atoms with van der Waals surface area (Å²) in [6.07, 6.45) is 2.16. The summed E-state index contributed by atoms with van der Waals surface area (Å²) in [6.45, 7) is 0. The number of benzene rings is 1. The van der Waals surface area contributed by atoms with Crippen LogP contribution in [0.4, 0.5) is 10.5 Å². The Kier molecular flexibility index (Phi) is 6.85. The number of nitrogens with one attached hydrogen (secondary N) is 2. The molecule has 0 saturated carbocycles. The number of carboxylic acid groups (broad SMARTS) is 1. The largest absolute Gasteiger partial charge is 0.480 e. The van der Waals surface area contributed by atoms with E-state index in [2.05, 4.69) is 10.6 Å². The van der Waals surface area contributed by atoms with Crippen LogP contribution < -0.4 is 10.6 Å². The molecule has 1 atom stereocenters. The van der Waals surface area contributed by atoms with Gasteiger partial charge in [-0.3, -0.25) is 0 Å². The zero-order valence-electron chi connectivity index (χ0n) is 11.2. The Morgan fingerprint density at radius 2 is 2.24 bits per heavy atom. The fourth-order valence-electron chi connectivity index (χ4n) is 1.53. The first-order valence-electron chi connectivity index (χ1n) is 5.96. The molecule has 8 heteroatoms. The van der Waals surface area contributed by atoms with E-state index in [0.717, 1.165) is 0 Å². The molecule has 0 bridgehead atoms. The van der Waals surface area contributed by atoms with Gasteiger partial charge in [0.05, 0.1) is 11.3 Å². The third kappa shape index (κ3) is 5.53. The minimum Gasteiger partial charge on any atom is -0.480 e. The van der Waals surface area contributed by atoms with Crippen molar-refractivity contribution >= 4 is 41.1 Å². The molecule has 112 valence electrons. The number of nitriles is 1. The van der Waals surface area contributed by atoms with E-state index in [0.29, 0.717) is 17.2 Å². The quantitative estimate of drug-likeness (QED) is 0.745. The van der Waals surface area contributed by atoms with E-state index in [4.69, 9.17) is 22.0 Å². The van der Waals surface area contributed by atoms with Crippen molar-refractivity contribution in [3.63, 3.8) is 0 Å². The standard InChI is InChI=1S/C13H14ClN3O3S/c1-21-5-4-10(12(18)19)16-13(20)17-11-6-9(14)3-2-8(11)7-15/h2-3,6,10H,4-5H2,1H3,(H,18,19)(H2,16,17,20)/t10-/m0/s1. The Balaban J connectivity index is 2.74. The molecule has 0 heterocycles. The summed E-state index contributed by atoms with van der Waals surface area (Å²) in [5, 5.41) is 23.1. The van der Waals surface area contributed by atoms with E-state index in [9.17, 15) is 9.59 Å². The van der Waals surface area contributed by atoms with Gasteiger partial charge in [-0.1, -0.05) is 11.6 Å². The number of halogens is 1. The fraction of sp³-hybridized carbons (Fsp3) is 0.308. The first-order valence-corrected chi connectivity index (χ1v) is 7.74. The summed E-state index contributed by atoms with van der Waals surface area (Å²) in [5.74, 6) is -0.497. The highest BCUT2D eigenvalue weighted by Gasteiger charge is 2.19. The molecule has 0 saturated heterocycles. The van der Waals surface area contributed by atoms with Crippen LogP contribution in [0, 0.1) is 11.3 Å². The molecule has 0 aromatic heterocycles. The Bertz CT molecular complexity index is 574. The van der Waals surface area contributed by atoms with Crippen LogP contribution in [-0.2, 0) is 4.79 Å². The highest BCUT2D eigenvalue weighted by molar-refractivity contribution is 7.98. The minimum atomic E-state index is -1.11. The van der Waals surface area contributed by atoms with E-state index in [1.165, 1.54) is 30.0 Å². The van der Waals surface area contributed by atoms with Crippen LogP contribution in [-0.4, -0.2) is 35.2 Å². The van der Waals surface area contributed by atoms with Crippen molar-refractivity contribution in [2.24, 2.45) is 0 Å². The number of anilines is 1. The van der Waals surface area contributed by atoms with Gasteiger partial charge in [0.2, 0.25) is 0 Å². The van der Waals surface area contributed by atoms with Crippen LogP contribution in [0.15, 0.2) is 18.2 Å². The molecule has 1 aromatic rings. The lowest BCUT2D eigenvalue weighted by Gasteiger charge is -2.15. The maximum absolute atomic E-state index is 11.8. The average molecular weight is 328 g/mol. The van der Waals surface area contributed by atoms with E-state index < -0.39 is 18.0 Å². The van der Waals surface area contributed by atoms with Gasteiger partial charge in [0.1, 0.15) is 12.1 Å². The molecule has 6 nitrogen and oxygen atoms in total. The molecule has 1 rings (SSSR count). The molecule has 0 spiro atoms. The number of amides is 2. The molecule has 2 amide bonds. The van der Waals surface area contributed by atoms with Crippen molar-refractivity contribution in [1.82, 2.24) is 5.32 Å². The molecule has 1 aromatic carbocycles. The second-order valence-electron chi connectivity index (χ2n) is 4.07. The van der Waals surface area contributed by atoms with Crippen LogP contribution in [0.5, 0.6) is 0 Å². The minimum absolute atomic E-state index is 0.233. The number of carboxylic acids is 1. The summed E-state index contributed by atoms with van der Waals surface area (Å²) in [7, 11) is 0. The van der Waals surface area contributed by atoms with Gasteiger partial charge in [0.25, 0.3) is 0 Å². The Morgan fingerprint density at radius 3 is 2.81 bits per heavy atom. The van der Waals surface area contributed by atoms with Crippen molar-refractivity contribution in [2.75, 3.05) is 17.3 Å². The number of rotatable bonds is 6. The van der Waals surface area contributed by atoms with Crippen LogP contribution >= 0.6 is 23.4 Å². The van der Waals surface area contributed by atoms with Crippen molar-refractivity contribution in [1.29, 1.82) is 5.26 Å². The maximum Gasteiger partial charge on any atom is 0.326 e. The summed E-state index contributed by atoms with van der Waals surface area (Å²) in [6, 6.07) is 4.67. The van der Waals surface area contributed by atoms with Gasteiger partial charge in [-0.25, -0.2) is 9.59 Å². The third-order valence-electron chi connectivity index (χ3n) is 2.56. The first-order chi connectivity index (χ1) is 9.97. The van der Waals surface area contributed by atoms with E-state index >= 15 is 0 Å². The fourth-order valence-corrected chi connectivity index (χ4v) is 2.17. The van der Waals surface area contributed by atoms with Crippen molar-refractivity contribution in [3.8, 4) is 6.07 Å². The number of carbonyl (C=O) groups is 2. The zero-order valence-corrected chi connectivity index (χ0v) is 12.8. The number of nitrogens with zero attached hydrogens (tertiary/aromatic N) is 1. The van der Waals surface area contributed by atoms with Crippen LogP contribution in [0.2, 0.25) is 5.02 Å². The lowest BCUT2D eigenvalue weighted by molar-refractivity contribution is -0.139. The summed E-state index contributed by atoms with van der Waals surface area (Å²) < 4.78 is 0. The highest BCUT2D eigenvalue weighted by atomic mass is 35.5. The number of carbonyl (C=O) groups excluding carboxylic acids is 1. The highest BCUT2D eigenvalue weighted by Crippen LogP contribution is 2.20. The topological polar surface area (TPSA) is 102 Å². The molecule has 0 aliphatic carbocycles. The molecule has 3 N–H and O–H groups in total. The van der Waals surface area contributed by atoms with Crippen molar-refractivity contribution in [3.05, 3.63) is 28.8 Å². The Labute approximate surface area is 131 Å². The molecular weight excluding hydrogens is 314 g/mol. The van der Waals surface area contributed by atoms with E-state index in [-0.39, 0.29) is 11.3 Å². The molecule has 21 heavy (non-hydrogen) atoms. The second-order valence-corrected chi connectivity index (χ2v) is 5.49. The summed E-state index contributed by atoms with van der Waals surface area (Å²) in [5.41, 5.74) is 0.474. The molecule has 0 aliphatic heterocycles. The number of aliphatic carboxylic acids is 1. The van der Waals surface area contributed by atoms with Gasteiger partial charge in [-0.05, 0) is 36.6 Å². The molecule has 0 unspecified atom stereocenters. The third-order valence-corrected chi connectivity index (χ3v) is 3.44. The lowest BCUT2D eigenvalue weighted by atomic mass is 10.2. The molecular formula is C13H14ClN3O3S. The number of thioether (sulfide) groups is 1. The van der Waals surface area contributed by atoms with Gasteiger partial charge in [0, 0.05) is 5.02 Å². The smallest absolute Gasteiger partial charge is 0.326 e. The first kappa shape index (κ1) is 17.1. The normalized spacial score (nSPS) is 11.3. The van der Waals surface area contributed by atoms with Crippen molar-refractivity contribution in [2.45, 2.75) is 12.5 Å². The number of hydrogen-bond acceptors (Lipinski definition) is 4. The summed E-state index contributed by atoms with van der Waals surface area (Å²) in [4.78, 5) is 22.9. The van der Waals surface area contributed by atoms with Crippen LogP contribution in [0.25, 0.3) is 0 Å². The monoisotopic (exact) mass is 327 g/mol. The second kappa shape index (κ2) is 8.39. The van der Waals surface area contributed by atoms with Gasteiger partial charge < -0.3 is 15.7 Å². The lowest BCUT2D eigenvalue weighted by Crippen LogP contribution is -2.43. The summed E-state index contributed by atoms with van der Waals surface area (Å²) >= 11 is 7.29. The molecule has 0 aliphatic rings. The van der Waals surface area contributed by atoms with Crippen LogP contribution in [0.1, 0.15) is 12.0 Å². The zero-order chi connectivity index (χ0) is 15.8. The molecule has 0 fully saturated rings. The number of hydrogen-bond donors (Lipinski definition) is 3. The van der Waals surface area contributed by atoms with Gasteiger partial charge in [0.15, 0.2) is 0 Å².